The van der Waals surface area contributed by atoms with Gasteiger partial charge in [0.2, 0.25) is 17.8 Å². The number of nitrogens with one attached hydrogen (secondary N) is 2. The zero-order valence-electron chi connectivity index (χ0n) is 12.0. The van der Waals surface area contributed by atoms with Crippen LogP contribution >= 0.6 is 0 Å². The van der Waals surface area contributed by atoms with Gasteiger partial charge in [-0.2, -0.15) is 15.0 Å². The van der Waals surface area contributed by atoms with Crippen LogP contribution < -0.4 is 15.5 Å². The Kier molecular flexibility index (Phi) is 5.31. The summed E-state index contributed by atoms with van der Waals surface area (Å²) in [6.45, 7) is 5.30. The number of nitrogens with zero attached hydrogens (tertiary/aromatic N) is 4. The van der Waals surface area contributed by atoms with Gasteiger partial charge in [-0.25, -0.2) is 0 Å². The molecule has 0 saturated carbocycles. The molecule has 20 heavy (non-hydrogen) atoms. The molecule has 1 aliphatic rings. The van der Waals surface area contributed by atoms with E-state index in [0.29, 0.717) is 44.0 Å². The minimum atomic E-state index is -0.341. The van der Waals surface area contributed by atoms with Gasteiger partial charge in [-0.05, 0) is 13.3 Å². The van der Waals surface area contributed by atoms with Crippen molar-refractivity contribution in [2.45, 2.75) is 19.4 Å². The molecule has 0 spiro atoms. The number of hydrogen-bond donors (Lipinski definition) is 3. The maximum absolute atomic E-state index is 9.26. The van der Waals surface area contributed by atoms with Gasteiger partial charge in [0.05, 0.1) is 19.3 Å². The molecule has 112 valence electrons. The Bertz CT molecular complexity index is 422. The number of anilines is 3. The zero-order chi connectivity index (χ0) is 14.4. The maximum atomic E-state index is 9.26. The highest BCUT2D eigenvalue weighted by Crippen LogP contribution is 2.14. The SMILES string of the molecule is CNc1nc(NCCC(C)O)nc(N2CCOCC2)n1. The third-order valence-electron chi connectivity index (χ3n) is 2.99. The van der Waals surface area contributed by atoms with Gasteiger partial charge in [0, 0.05) is 26.7 Å². The van der Waals surface area contributed by atoms with Crippen LogP contribution in [0.4, 0.5) is 17.8 Å². The lowest BCUT2D eigenvalue weighted by molar-refractivity contribution is 0.122. The number of aliphatic hydroxyl groups is 1. The summed E-state index contributed by atoms with van der Waals surface area (Å²) in [5, 5.41) is 15.3. The van der Waals surface area contributed by atoms with Crippen molar-refractivity contribution in [2.24, 2.45) is 0 Å². The molecule has 1 atom stereocenters. The predicted octanol–water partition coefficient (Wildman–Crippen LogP) is -0.0673. The molecule has 8 nitrogen and oxygen atoms in total. The molecule has 1 aromatic rings. The average molecular weight is 282 g/mol. The molecule has 3 N–H and O–H groups in total. The molecule has 1 aromatic heterocycles. The quantitative estimate of drug-likeness (QED) is 0.667. The van der Waals surface area contributed by atoms with Crippen LogP contribution in [-0.4, -0.2) is 66.1 Å². The summed E-state index contributed by atoms with van der Waals surface area (Å²) in [7, 11) is 1.78. The lowest BCUT2D eigenvalue weighted by Gasteiger charge is -2.27. The standard InChI is InChI=1S/C12H22N6O2/c1-9(19)3-4-14-11-15-10(13-2)16-12(17-11)18-5-7-20-8-6-18/h9,19H,3-8H2,1-2H3,(H2,13,14,15,16,17). The molecule has 1 unspecified atom stereocenters. The fraction of sp³-hybridized carbons (Fsp3) is 0.750. The molecule has 1 aliphatic heterocycles. The zero-order valence-corrected chi connectivity index (χ0v) is 12.0. The van der Waals surface area contributed by atoms with Crippen molar-refractivity contribution in [3.63, 3.8) is 0 Å². The van der Waals surface area contributed by atoms with Crippen molar-refractivity contribution in [3.8, 4) is 0 Å². The monoisotopic (exact) mass is 282 g/mol. The van der Waals surface area contributed by atoms with Crippen LogP contribution in [-0.2, 0) is 4.74 Å². The van der Waals surface area contributed by atoms with E-state index in [4.69, 9.17) is 4.74 Å². The normalized spacial score (nSPS) is 16.9. The summed E-state index contributed by atoms with van der Waals surface area (Å²) in [5.41, 5.74) is 0. The fourth-order valence-electron chi connectivity index (χ4n) is 1.85. The number of aromatic nitrogens is 3. The molecule has 1 saturated heterocycles. The number of hydrogen-bond acceptors (Lipinski definition) is 8. The number of morpholine rings is 1. The highest BCUT2D eigenvalue weighted by molar-refractivity contribution is 5.43. The molecular formula is C12H22N6O2. The van der Waals surface area contributed by atoms with E-state index in [1.165, 1.54) is 0 Å². The second-order valence-electron chi connectivity index (χ2n) is 4.70. The van der Waals surface area contributed by atoms with Gasteiger partial charge in [-0.3, -0.25) is 0 Å². The highest BCUT2D eigenvalue weighted by atomic mass is 16.5. The fourth-order valence-corrected chi connectivity index (χ4v) is 1.85. The lowest BCUT2D eigenvalue weighted by atomic mass is 10.3. The molecule has 2 heterocycles. The van der Waals surface area contributed by atoms with E-state index in [2.05, 4.69) is 30.5 Å². The summed E-state index contributed by atoms with van der Waals surface area (Å²) in [6, 6.07) is 0. The lowest BCUT2D eigenvalue weighted by Crippen LogP contribution is -2.37. The van der Waals surface area contributed by atoms with E-state index in [1.54, 1.807) is 14.0 Å². The van der Waals surface area contributed by atoms with Gasteiger partial charge in [-0.1, -0.05) is 0 Å². The van der Waals surface area contributed by atoms with Crippen molar-refractivity contribution in [1.29, 1.82) is 0 Å². The van der Waals surface area contributed by atoms with E-state index in [-0.39, 0.29) is 6.10 Å². The molecule has 2 rings (SSSR count). The van der Waals surface area contributed by atoms with Crippen LogP contribution in [0.25, 0.3) is 0 Å². The first-order chi connectivity index (χ1) is 9.69. The number of aliphatic hydroxyl groups excluding tert-OH is 1. The summed E-state index contributed by atoms with van der Waals surface area (Å²) >= 11 is 0. The Balaban J connectivity index is 2.06. The van der Waals surface area contributed by atoms with Crippen molar-refractivity contribution >= 4 is 17.8 Å². The van der Waals surface area contributed by atoms with Crippen LogP contribution in [0.2, 0.25) is 0 Å². The molecule has 0 aromatic carbocycles. The van der Waals surface area contributed by atoms with Gasteiger partial charge in [0.1, 0.15) is 0 Å². The first-order valence-corrected chi connectivity index (χ1v) is 6.87. The predicted molar refractivity (Wildman–Crippen MR) is 77.2 cm³/mol. The Labute approximate surface area is 118 Å². The molecule has 8 heteroatoms. The molecule has 0 aliphatic carbocycles. The van der Waals surface area contributed by atoms with Gasteiger partial charge >= 0.3 is 0 Å². The van der Waals surface area contributed by atoms with E-state index in [1.807, 2.05) is 0 Å². The topological polar surface area (TPSA) is 95.4 Å². The van der Waals surface area contributed by atoms with E-state index in [0.717, 1.165) is 13.1 Å². The van der Waals surface area contributed by atoms with Crippen LogP contribution in [0, 0.1) is 0 Å². The maximum Gasteiger partial charge on any atom is 0.232 e. The Hall–Kier alpha value is -1.67. The van der Waals surface area contributed by atoms with Crippen LogP contribution in [0.5, 0.6) is 0 Å². The van der Waals surface area contributed by atoms with Gasteiger partial charge in [-0.15, -0.1) is 0 Å². The van der Waals surface area contributed by atoms with Crippen molar-refractivity contribution in [3.05, 3.63) is 0 Å². The molecule has 1 fully saturated rings. The number of rotatable bonds is 6. The largest absolute Gasteiger partial charge is 0.393 e. The van der Waals surface area contributed by atoms with Gasteiger partial charge in [0.25, 0.3) is 0 Å². The third-order valence-corrected chi connectivity index (χ3v) is 2.99. The Morgan fingerprint density at radius 1 is 1.25 bits per heavy atom. The van der Waals surface area contributed by atoms with Crippen LogP contribution in [0.3, 0.4) is 0 Å². The molecule has 0 radical (unpaired) electrons. The first-order valence-electron chi connectivity index (χ1n) is 6.87. The molecule has 0 bridgehead atoms. The van der Waals surface area contributed by atoms with Crippen LogP contribution in [0.15, 0.2) is 0 Å². The average Bonchev–Trinajstić information content (AvgIpc) is 2.47. The third kappa shape index (κ3) is 4.17. The van der Waals surface area contributed by atoms with Crippen molar-refractivity contribution in [1.82, 2.24) is 15.0 Å². The summed E-state index contributed by atoms with van der Waals surface area (Å²) in [5.74, 6) is 1.69. The smallest absolute Gasteiger partial charge is 0.232 e. The van der Waals surface area contributed by atoms with E-state index < -0.39 is 0 Å². The second-order valence-corrected chi connectivity index (χ2v) is 4.70. The molecular weight excluding hydrogens is 260 g/mol. The minimum absolute atomic E-state index is 0.341. The highest BCUT2D eigenvalue weighted by Gasteiger charge is 2.16. The Morgan fingerprint density at radius 3 is 2.60 bits per heavy atom. The van der Waals surface area contributed by atoms with Gasteiger partial charge < -0.3 is 25.4 Å². The second kappa shape index (κ2) is 7.20. The minimum Gasteiger partial charge on any atom is -0.393 e. The summed E-state index contributed by atoms with van der Waals surface area (Å²) < 4.78 is 5.33. The van der Waals surface area contributed by atoms with Crippen molar-refractivity contribution in [2.75, 3.05) is 55.4 Å². The van der Waals surface area contributed by atoms with E-state index in [9.17, 15) is 5.11 Å². The Morgan fingerprint density at radius 2 is 1.95 bits per heavy atom. The summed E-state index contributed by atoms with van der Waals surface area (Å²) in [6.07, 6.45) is 0.305. The van der Waals surface area contributed by atoms with Crippen molar-refractivity contribution < 1.29 is 9.84 Å². The molecule has 0 amide bonds. The summed E-state index contributed by atoms with van der Waals surface area (Å²) in [4.78, 5) is 15.1. The van der Waals surface area contributed by atoms with Crippen LogP contribution in [0.1, 0.15) is 13.3 Å². The first kappa shape index (κ1) is 14.7. The number of ether oxygens (including phenoxy) is 1. The van der Waals surface area contributed by atoms with E-state index >= 15 is 0 Å². The van der Waals surface area contributed by atoms with Gasteiger partial charge in [0.15, 0.2) is 0 Å².